The van der Waals surface area contributed by atoms with Gasteiger partial charge in [-0.15, -0.1) is 0 Å². The maximum atomic E-state index is 13.6. The molecule has 0 fully saturated rings. The lowest BCUT2D eigenvalue weighted by Crippen LogP contribution is -2.28. The number of carboxylic acids is 1. The van der Waals surface area contributed by atoms with Crippen LogP contribution in [0.2, 0.25) is 0 Å². The Morgan fingerprint density at radius 3 is 2.75 bits per heavy atom. The largest absolute Gasteiger partial charge is 0.481 e. The van der Waals surface area contributed by atoms with Gasteiger partial charge in [0, 0.05) is 18.2 Å². The van der Waals surface area contributed by atoms with Gasteiger partial charge in [-0.2, -0.15) is 10.1 Å². The Kier molecular flexibility index (Phi) is 3.78. The minimum absolute atomic E-state index is 0.100. The lowest BCUT2D eigenvalue weighted by Gasteiger charge is -2.14. The summed E-state index contributed by atoms with van der Waals surface area (Å²) < 4.78 is 26.5. The van der Waals surface area contributed by atoms with Crippen LogP contribution in [0.15, 0.2) is 23.3 Å². The van der Waals surface area contributed by atoms with E-state index in [2.05, 4.69) is 5.10 Å². The first kappa shape index (κ1) is 14.1. The molecule has 0 saturated carbocycles. The van der Waals surface area contributed by atoms with E-state index in [9.17, 15) is 18.4 Å². The molecule has 7 heteroatoms. The molecule has 1 aliphatic rings. The number of aliphatic carboxylic acids is 1. The molecule has 0 aliphatic carbocycles. The SMILES string of the molecule is CC1=NN(c2ccc(F)cc2F)C(=O)C1CCC(=O)O. The molecule has 0 saturated heterocycles. The Morgan fingerprint density at radius 1 is 1.45 bits per heavy atom. The van der Waals surface area contributed by atoms with Crippen LogP contribution in [0.3, 0.4) is 0 Å². The van der Waals surface area contributed by atoms with Crippen molar-refractivity contribution in [3.05, 3.63) is 29.8 Å². The van der Waals surface area contributed by atoms with Gasteiger partial charge in [0.25, 0.3) is 5.91 Å². The number of rotatable bonds is 4. The van der Waals surface area contributed by atoms with Crippen LogP contribution >= 0.6 is 0 Å². The molecule has 1 aromatic carbocycles. The number of carboxylic acid groups (broad SMARTS) is 1. The van der Waals surface area contributed by atoms with Crippen LogP contribution in [0.4, 0.5) is 14.5 Å². The number of amides is 1. The van der Waals surface area contributed by atoms with Crippen molar-refractivity contribution >= 4 is 23.3 Å². The van der Waals surface area contributed by atoms with Gasteiger partial charge in [0.05, 0.1) is 5.92 Å². The lowest BCUT2D eigenvalue weighted by molar-refractivity contribution is -0.137. The normalized spacial score (nSPS) is 18.4. The zero-order valence-electron chi connectivity index (χ0n) is 10.6. The molecule has 1 N–H and O–H groups in total. The molecule has 1 atom stereocenters. The molecule has 1 heterocycles. The van der Waals surface area contributed by atoms with E-state index in [-0.39, 0.29) is 18.5 Å². The molecule has 0 radical (unpaired) electrons. The molecule has 0 bridgehead atoms. The molecular formula is C13H12F2N2O3. The van der Waals surface area contributed by atoms with Crippen molar-refractivity contribution < 1.29 is 23.5 Å². The zero-order valence-corrected chi connectivity index (χ0v) is 10.6. The summed E-state index contributed by atoms with van der Waals surface area (Å²) in [6.07, 6.45) is -0.0776. The minimum atomic E-state index is -1.02. The van der Waals surface area contributed by atoms with Gasteiger partial charge in [-0.05, 0) is 25.5 Å². The van der Waals surface area contributed by atoms with E-state index < -0.39 is 29.4 Å². The Bertz CT molecular complexity index is 601. The van der Waals surface area contributed by atoms with Crippen molar-refractivity contribution in [2.75, 3.05) is 5.01 Å². The second-order valence-electron chi connectivity index (χ2n) is 4.47. The number of carbonyl (C=O) groups is 2. The molecule has 0 spiro atoms. The Balaban J connectivity index is 2.23. The quantitative estimate of drug-likeness (QED) is 0.920. The van der Waals surface area contributed by atoms with Crippen LogP contribution in [0.25, 0.3) is 0 Å². The van der Waals surface area contributed by atoms with Gasteiger partial charge in [0.15, 0.2) is 5.82 Å². The maximum Gasteiger partial charge on any atom is 0.303 e. The summed E-state index contributed by atoms with van der Waals surface area (Å²) in [5, 5.41) is 13.4. The highest BCUT2D eigenvalue weighted by molar-refractivity contribution is 6.14. The van der Waals surface area contributed by atoms with Crippen molar-refractivity contribution in [3.8, 4) is 0 Å². The number of nitrogens with zero attached hydrogens (tertiary/aromatic N) is 2. The van der Waals surface area contributed by atoms with E-state index in [4.69, 9.17) is 5.11 Å². The van der Waals surface area contributed by atoms with Crippen molar-refractivity contribution in [1.29, 1.82) is 0 Å². The van der Waals surface area contributed by atoms with Crippen LogP contribution < -0.4 is 5.01 Å². The molecule has 20 heavy (non-hydrogen) atoms. The van der Waals surface area contributed by atoms with Crippen LogP contribution in [-0.2, 0) is 9.59 Å². The summed E-state index contributed by atoms with van der Waals surface area (Å²) >= 11 is 0. The second-order valence-corrected chi connectivity index (χ2v) is 4.47. The molecule has 0 aromatic heterocycles. The highest BCUT2D eigenvalue weighted by Crippen LogP contribution is 2.28. The first-order valence-corrected chi connectivity index (χ1v) is 5.96. The molecule has 1 unspecified atom stereocenters. The van der Waals surface area contributed by atoms with Gasteiger partial charge < -0.3 is 5.11 Å². The molecule has 1 aromatic rings. The van der Waals surface area contributed by atoms with Crippen molar-refractivity contribution in [3.63, 3.8) is 0 Å². The van der Waals surface area contributed by atoms with E-state index in [1.54, 1.807) is 6.92 Å². The third-order valence-electron chi connectivity index (χ3n) is 3.05. The number of hydrogen-bond acceptors (Lipinski definition) is 3. The molecule has 2 rings (SSSR count). The smallest absolute Gasteiger partial charge is 0.303 e. The summed E-state index contributed by atoms with van der Waals surface area (Å²) in [6.45, 7) is 1.58. The van der Waals surface area contributed by atoms with Crippen molar-refractivity contribution in [2.24, 2.45) is 11.0 Å². The second kappa shape index (κ2) is 5.36. The van der Waals surface area contributed by atoms with E-state index in [0.717, 1.165) is 17.1 Å². The van der Waals surface area contributed by atoms with Gasteiger partial charge in [-0.25, -0.2) is 8.78 Å². The standard InChI is InChI=1S/C13H12F2N2O3/c1-7-9(3-5-12(18)19)13(20)17(16-7)11-4-2-8(14)6-10(11)15/h2,4,6,9H,3,5H2,1H3,(H,18,19). The molecule has 5 nitrogen and oxygen atoms in total. The molecule has 1 aliphatic heterocycles. The van der Waals surface area contributed by atoms with Crippen LogP contribution in [0, 0.1) is 17.6 Å². The minimum Gasteiger partial charge on any atom is -0.481 e. The third-order valence-corrected chi connectivity index (χ3v) is 3.05. The van der Waals surface area contributed by atoms with Crippen molar-refractivity contribution in [1.82, 2.24) is 0 Å². The summed E-state index contributed by atoms with van der Waals surface area (Å²) in [5.74, 6) is -3.85. The van der Waals surface area contributed by atoms with E-state index in [0.29, 0.717) is 11.8 Å². The number of carbonyl (C=O) groups excluding carboxylic acids is 1. The Labute approximate surface area is 113 Å². The average Bonchev–Trinajstić information content (AvgIpc) is 2.62. The maximum absolute atomic E-state index is 13.6. The summed E-state index contributed by atoms with van der Waals surface area (Å²) in [6, 6.07) is 2.82. The highest BCUT2D eigenvalue weighted by Gasteiger charge is 2.35. The van der Waals surface area contributed by atoms with Gasteiger partial charge in [0.2, 0.25) is 0 Å². The zero-order chi connectivity index (χ0) is 14.9. The predicted molar refractivity (Wildman–Crippen MR) is 67.3 cm³/mol. The number of benzene rings is 1. The lowest BCUT2D eigenvalue weighted by atomic mass is 9.98. The number of hydrogen-bond donors (Lipinski definition) is 1. The van der Waals surface area contributed by atoms with E-state index in [1.807, 2.05) is 0 Å². The fraction of sp³-hybridized carbons (Fsp3) is 0.308. The van der Waals surface area contributed by atoms with Gasteiger partial charge in [-0.1, -0.05) is 0 Å². The number of anilines is 1. The monoisotopic (exact) mass is 282 g/mol. The number of halogens is 2. The van der Waals surface area contributed by atoms with E-state index >= 15 is 0 Å². The summed E-state index contributed by atoms with van der Waals surface area (Å²) in [5.41, 5.74) is 0.272. The van der Waals surface area contributed by atoms with Crippen LogP contribution in [0.5, 0.6) is 0 Å². The number of hydrazone groups is 1. The first-order valence-electron chi connectivity index (χ1n) is 5.96. The van der Waals surface area contributed by atoms with Crippen LogP contribution in [0.1, 0.15) is 19.8 Å². The van der Waals surface area contributed by atoms with Gasteiger partial charge >= 0.3 is 5.97 Å². The molecule has 106 valence electrons. The van der Waals surface area contributed by atoms with Gasteiger partial charge in [-0.3, -0.25) is 9.59 Å². The van der Waals surface area contributed by atoms with E-state index in [1.165, 1.54) is 0 Å². The molecule has 1 amide bonds. The third kappa shape index (κ3) is 2.66. The van der Waals surface area contributed by atoms with Crippen LogP contribution in [-0.4, -0.2) is 22.7 Å². The fourth-order valence-electron chi connectivity index (χ4n) is 2.03. The van der Waals surface area contributed by atoms with Gasteiger partial charge in [0.1, 0.15) is 11.5 Å². The Hall–Kier alpha value is -2.31. The van der Waals surface area contributed by atoms with Crippen molar-refractivity contribution in [2.45, 2.75) is 19.8 Å². The first-order chi connectivity index (χ1) is 9.40. The fourth-order valence-corrected chi connectivity index (χ4v) is 2.03. The average molecular weight is 282 g/mol. The Morgan fingerprint density at radius 2 is 2.15 bits per heavy atom. The summed E-state index contributed by atoms with van der Waals surface area (Å²) in [4.78, 5) is 22.7. The summed E-state index contributed by atoms with van der Waals surface area (Å²) in [7, 11) is 0. The predicted octanol–water partition coefficient (Wildman–Crippen LogP) is 2.17. The molecular weight excluding hydrogens is 270 g/mol. The highest BCUT2D eigenvalue weighted by atomic mass is 19.1. The topological polar surface area (TPSA) is 70.0 Å².